The Morgan fingerprint density at radius 3 is 2.86 bits per heavy atom. The second-order valence-corrected chi connectivity index (χ2v) is 3.75. The number of carbonyl (C=O) groups excluding carboxylic acids is 1. The summed E-state index contributed by atoms with van der Waals surface area (Å²) in [5.41, 5.74) is 0.894. The number of rotatable bonds is 0. The normalized spacial score (nSPS) is 10.7. The van der Waals surface area contributed by atoms with E-state index in [9.17, 15) is 9.59 Å². The van der Waals surface area contributed by atoms with Gasteiger partial charge in [-0.15, -0.1) is 0 Å². The van der Waals surface area contributed by atoms with Crippen molar-refractivity contribution in [2.45, 2.75) is 6.92 Å². The third kappa shape index (κ3) is 1.29. The van der Waals surface area contributed by atoms with Crippen molar-refractivity contribution in [1.82, 2.24) is 4.57 Å². The molecule has 0 unspecified atom stereocenters. The van der Waals surface area contributed by atoms with Crippen LogP contribution in [0.15, 0.2) is 31.9 Å². The van der Waals surface area contributed by atoms with Crippen LogP contribution >= 0.6 is 15.9 Å². The Labute approximate surface area is 87.3 Å². The lowest BCUT2D eigenvalue weighted by Gasteiger charge is -1.93. The first-order valence-corrected chi connectivity index (χ1v) is 4.71. The Morgan fingerprint density at radius 2 is 2.21 bits per heavy atom. The standard InChI is InChI=1S/C9H6BrNO3/c1-5(12)11-7-3-2-6(10)4-8(7)14-9(11)13/h2-4H,1H3. The summed E-state index contributed by atoms with van der Waals surface area (Å²) in [5, 5.41) is 0. The van der Waals surface area contributed by atoms with Crippen LogP contribution in [0.25, 0.3) is 11.1 Å². The fourth-order valence-electron chi connectivity index (χ4n) is 1.29. The quantitative estimate of drug-likeness (QED) is 0.724. The van der Waals surface area contributed by atoms with Crippen LogP contribution < -0.4 is 5.76 Å². The first-order chi connectivity index (χ1) is 6.59. The minimum atomic E-state index is -0.648. The maximum atomic E-state index is 11.3. The molecule has 0 bridgehead atoms. The zero-order valence-electron chi connectivity index (χ0n) is 7.28. The fourth-order valence-corrected chi connectivity index (χ4v) is 1.63. The maximum Gasteiger partial charge on any atom is 0.426 e. The first kappa shape index (κ1) is 9.21. The summed E-state index contributed by atoms with van der Waals surface area (Å²) in [6.45, 7) is 1.32. The molecule has 0 aliphatic carbocycles. The van der Waals surface area contributed by atoms with Gasteiger partial charge in [0.25, 0.3) is 0 Å². The predicted octanol–water partition coefficient (Wildman–Crippen LogP) is 2.02. The van der Waals surface area contributed by atoms with E-state index < -0.39 is 5.76 Å². The molecule has 72 valence electrons. The topological polar surface area (TPSA) is 52.2 Å². The monoisotopic (exact) mass is 255 g/mol. The highest BCUT2D eigenvalue weighted by Gasteiger charge is 2.11. The van der Waals surface area contributed by atoms with Gasteiger partial charge >= 0.3 is 5.76 Å². The number of hydrogen-bond donors (Lipinski definition) is 0. The molecule has 2 rings (SSSR count). The third-order valence-electron chi connectivity index (χ3n) is 1.86. The second kappa shape index (κ2) is 3.09. The molecule has 0 radical (unpaired) electrons. The summed E-state index contributed by atoms with van der Waals surface area (Å²) in [7, 11) is 0. The van der Waals surface area contributed by atoms with Gasteiger partial charge in [0.1, 0.15) is 0 Å². The van der Waals surface area contributed by atoms with Crippen LogP contribution in [0.3, 0.4) is 0 Å². The van der Waals surface area contributed by atoms with E-state index in [1.54, 1.807) is 18.2 Å². The summed E-state index contributed by atoms with van der Waals surface area (Å²) in [5.74, 6) is -0.998. The summed E-state index contributed by atoms with van der Waals surface area (Å²) in [4.78, 5) is 22.4. The van der Waals surface area contributed by atoms with E-state index in [0.717, 1.165) is 9.04 Å². The van der Waals surface area contributed by atoms with Crippen molar-refractivity contribution < 1.29 is 9.21 Å². The Balaban J connectivity index is 2.91. The smallest absolute Gasteiger partial charge is 0.407 e. The molecule has 0 atom stereocenters. The molecule has 0 spiro atoms. The molecule has 2 aromatic rings. The molecule has 0 amide bonds. The van der Waals surface area contributed by atoms with E-state index in [-0.39, 0.29) is 5.91 Å². The summed E-state index contributed by atoms with van der Waals surface area (Å²) in [6, 6.07) is 5.05. The second-order valence-electron chi connectivity index (χ2n) is 2.83. The average molecular weight is 256 g/mol. The Morgan fingerprint density at radius 1 is 1.50 bits per heavy atom. The van der Waals surface area contributed by atoms with Gasteiger partial charge in [-0.25, -0.2) is 9.36 Å². The number of aromatic nitrogens is 1. The molecule has 0 aliphatic heterocycles. The minimum Gasteiger partial charge on any atom is -0.407 e. The molecule has 0 fully saturated rings. The Hall–Kier alpha value is -1.36. The van der Waals surface area contributed by atoms with E-state index in [4.69, 9.17) is 4.42 Å². The van der Waals surface area contributed by atoms with Gasteiger partial charge in [0.05, 0.1) is 5.52 Å². The third-order valence-corrected chi connectivity index (χ3v) is 2.35. The molecule has 0 aliphatic rings. The molecule has 0 saturated heterocycles. The molecule has 1 aromatic heterocycles. The summed E-state index contributed by atoms with van der Waals surface area (Å²) < 4.78 is 6.70. The highest BCUT2D eigenvalue weighted by molar-refractivity contribution is 9.10. The van der Waals surface area contributed by atoms with Gasteiger partial charge in [0.15, 0.2) is 5.58 Å². The van der Waals surface area contributed by atoms with E-state index in [2.05, 4.69) is 15.9 Å². The molecule has 5 heteroatoms. The summed E-state index contributed by atoms with van der Waals surface area (Å²) in [6.07, 6.45) is 0. The molecule has 4 nitrogen and oxygen atoms in total. The van der Waals surface area contributed by atoms with Crippen LogP contribution in [0.4, 0.5) is 0 Å². The van der Waals surface area contributed by atoms with Crippen molar-refractivity contribution >= 4 is 32.9 Å². The molecule has 1 heterocycles. The SMILES string of the molecule is CC(=O)n1c(=O)oc2cc(Br)ccc21. The number of carbonyl (C=O) groups is 1. The number of benzene rings is 1. The lowest BCUT2D eigenvalue weighted by Crippen LogP contribution is -2.19. The lowest BCUT2D eigenvalue weighted by molar-refractivity contribution is 0.0933. The maximum absolute atomic E-state index is 11.3. The Bertz CT molecular complexity index is 567. The summed E-state index contributed by atoms with van der Waals surface area (Å²) >= 11 is 3.25. The molecule has 1 aromatic carbocycles. The highest BCUT2D eigenvalue weighted by atomic mass is 79.9. The van der Waals surface area contributed by atoms with Gasteiger partial charge in [0.2, 0.25) is 5.91 Å². The van der Waals surface area contributed by atoms with Crippen molar-refractivity contribution in [1.29, 1.82) is 0 Å². The highest BCUT2D eigenvalue weighted by Crippen LogP contribution is 2.18. The van der Waals surface area contributed by atoms with Gasteiger partial charge in [-0.2, -0.15) is 0 Å². The van der Waals surface area contributed by atoms with Crippen molar-refractivity contribution in [3.63, 3.8) is 0 Å². The molecule has 14 heavy (non-hydrogen) atoms. The number of hydrogen-bond acceptors (Lipinski definition) is 3. The number of oxazole rings is 1. The Kier molecular flexibility index (Phi) is 2.03. The largest absolute Gasteiger partial charge is 0.426 e. The van der Waals surface area contributed by atoms with Crippen LogP contribution in [0, 0.1) is 0 Å². The fraction of sp³-hybridized carbons (Fsp3) is 0.111. The minimum absolute atomic E-state index is 0.351. The van der Waals surface area contributed by atoms with E-state index in [0.29, 0.717) is 11.1 Å². The zero-order chi connectivity index (χ0) is 10.3. The van der Waals surface area contributed by atoms with Crippen LogP contribution in [0.1, 0.15) is 11.7 Å². The van der Waals surface area contributed by atoms with Crippen molar-refractivity contribution in [3.8, 4) is 0 Å². The van der Waals surface area contributed by atoms with Gasteiger partial charge < -0.3 is 4.42 Å². The van der Waals surface area contributed by atoms with Crippen LogP contribution in [-0.2, 0) is 0 Å². The molecular weight excluding hydrogens is 250 g/mol. The van der Waals surface area contributed by atoms with E-state index in [1.807, 2.05) is 0 Å². The van der Waals surface area contributed by atoms with Gasteiger partial charge in [-0.3, -0.25) is 4.79 Å². The molecule has 0 saturated carbocycles. The number of nitrogens with zero attached hydrogens (tertiary/aromatic N) is 1. The van der Waals surface area contributed by atoms with Crippen molar-refractivity contribution in [2.75, 3.05) is 0 Å². The molecule has 0 N–H and O–H groups in total. The first-order valence-electron chi connectivity index (χ1n) is 3.91. The number of halogens is 1. The number of fused-ring (bicyclic) bond motifs is 1. The van der Waals surface area contributed by atoms with Gasteiger partial charge in [0, 0.05) is 11.4 Å². The van der Waals surface area contributed by atoms with E-state index >= 15 is 0 Å². The van der Waals surface area contributed by atoms with Crippen molar-refractivity contribution in [3.05, 3.63) is 33.2 Å². The van der Waals surface area contributed by atoms with E-state index in [1.165, 1.54) is 6.92 Å². The van der Waals surface area contributed by atoms with Gasteiger partial charge in [-0.05, 0) is 18.2 Å². The molecular formula is C9H6BrNO3. The lowest BCUT2D eigenvalue weighted by atomic mass is 10.3. The zero-order valence-corrected chi connectivity index (χ0v) is 8.87. The van der Waals surface area contributed by atoms with Crippen molar-refractivity contribution in [2.24, 2.45) is 0 Å². The van der Waals surface area contributed by atoms with Crippen LogP contribution in [-0.4, -0.2) is 10.5 Å². The van der Waals surface area contributed by atoms with Crippen LogP contribution in [0.5, 0.6) is 0 Å². The van der Waals surface area contributed by atoms with Crippen LogP contribution in [0.2, 0.25) is 0 Å². The average Bonchev–Trinajstić information content (AvgIpc) is 2.39. The van der Waals surface area contributed by atoms with Gasteiger partial charge in [-0.1, -0.05) is 15.9 Å². The predicted molar refractivity (Wildman–Crippen MR) is 54.5 cm³/mol.